The van der Waals surface area contributed by atoms with Crippen LogP contribution in [0.5, 0.6) is 0 Å². The Morgan fingerprint density at radius 1 is 1.62 bits per heavy atom. The Morgan fingerprint density at radius 3 is 2.54 bits per heavy atom. The topological polar surface area (TPSA) is 80.7 Å². The number of esters is 1. The van der Waals surface area contributed by atoms with Crippen molar-refractivity contribution in [2.45, 2.75) is 13.3 Å². The van der Waals surface area contributed by atoms with Crippen LogP contribution >= 0.6 is 0 Å². The van der Waals surface area contributed by atoms with E-state index in [0.717, 1.165) is 12.3 Å². The normalized spacial score (nSPS) is 11.5. The molecule has 0 heterocycles. The Labute approximate surface area is 76.5 Å². The van der Waals surface area contributed by atoms with Gasteiger partial charge in [0.15, 0.2) is 0 Å². The minimum Gasteiger partial charge on any atom is -0.434 e. The molecule has 0 aliphatic heterocycles. The van der Waals surface area contributed by atoms with Gasteiger partial charge in [0.25, 0.3) is 10.1 Å². The van der Waals surface area contributed by atoms with Gasteiger partial charge in [-0.15, -0.1) is 0 Å². The third-order valence-electron chi connectivity index (χ3n) is 1.07. The molecule has 0 unspecified atom stereocenters. The molecule has 0 spiro atoms. The molecule has 0 aliphatic carbocycles. The fraction of sp³-hybridized carbons (Fsp3) is 0.286. The maximum Gasteiger partial charge on any atom is 0.310 e. The van der Waals surface area contributed by atoms with Crippen molar-refractivity contribution in [1.29, 1.82) is 0 Å². The van der Waals surface area contributed by atoms with Crippen molar-refractivity contribution in [3.63, 3.8) is 0 Å². The van der Waals surface area contributed by atoms with Gasteiger partial charge < -0.3 is 4.74 Å². The van der Waals surface area contributed by atoms with Crippen molar-refractivity contribution < 1.29 is 22.5 Å². The van der Waals surface area contributed by atoms with Crippen LogP contribution in [0.3, 0.4) is 0 Å². The summed E-state index contributed by atoms with van der Waals surface area (Å²) in [4.78, 5) is 10.00. The predicted octanol–water partition coefficient (Wildman–Crippen LogP) is 0.855. The minimum atomic E-state index is -4.28. The Balaban J connectivity index is 4.16. The number of hydrogen-bond acceptors (Lipinski definition) is 4. The van der Waals surface area contributed by atoms with Crippen molar-refractivity contribution in [2.24, 2.45) is 0 Å². The molecule has 0 aromatic heterocycles. The Kier molecular flexibility index (Phi) is 4.36. The highest BCUT2D eigenvalue weighted by atomic mass is 32.2. The molecule has 0 amide bonds. The molecule has 6 heteroatoms. The van der Waals surface area contributed by atoms with Crippen LogP contribution in [0.25, 0.3) is 0 Å². The highest BCUT2D eigenvalue weighted by molar-refractivity contribution is 7.90. The molecule has 13 heavy (non-hydrogen) atoms. The largest absolute Gasteiger partial charge is 0.434 e. The van der Waals surface area contributed by atoms with Crippen molar-refractivity contribution >= 4 is 16.1 Å². The van der Waals surface area contributed by atoms with Crippen LogP contribution in [-0.4, -0.2) is 18.9 Å². The monoisotopic (exact) mass is 206 g/mol. The average Bonchev–Trinajstić information content (AvgIpc) is 2.02. The number of carbonyl (C=O) groups is 1. The van der Waals surface area contributed by atoms with Crippen LogP contribution in [-0.2, 0) is 19.6 Å². The van der Waals surface area contributed by atoms with Gasteiger partial charge in [0, 0.05) is 6.42 Å². The third-order valence-corrected chi connectivity index (χ3v) is 1.87. The SMILES string of the molecule is C=C(C=COC(=O)CC)S(=O)(=O)O. The molecule has 0 radical (unpaired) electrons. The highest BCUT2D eigenvalue weighted by Crippen LogP contribution is 2.02. The summed E-state index contributed by atoms with van der Waals surface area (Å²) in [5.41, 5.74) is 0. The van der Waals surface area contributed by atoms with Gasteiger partial charge in [-0.25, -0.2) is 0 Å². The number of hydrogen-bond donors (Lipinski definition) is 1. The van der Waals surface area contributed by atoms with Crippen LogP contribution in [0.2, 0.25) is 0 Å². The Bertz CT molecular complexity index is 325. The smallest absolute Gasteiger partial charge is 0.310 e. The van der Waals surface area contributed by atoms with Gasteiger partial charge in [0.05, 0.1) is 11.2 Å². The maximum atomic E-state index is 10.5. The molecule has 0 bridgehead atoms. The first-order valence-corrected chi connectivity index (χ1v) is 4.84. The van der Waals surface area contributed by atoms with Crippen LogP contribution in [0.4, 0.5) is 0 Å². The van der Waals surface area contributed by atoms with Crippen LogP contribution < -0.4 is 0 Å². The van der Waals surface area contributed by atoms with Crippen molar-refractivity contribution in [1.82, 2.24) is 0 Å². The summed E-state index contributed by atoms with van der Waals surface area (Å²) in [7, 11) is -4.28. The first-order valence-electron chi connectivity index (χ1n) is 3.40. The molecule has 0 atom stereocenters. The van der Waals surface area contributed by atoms with E-state index >= 15 is 0 Å². The van der Waals surface area contributed by atoms with Gasteiger partial charge in [-0.1, -0.05) is 13.5 Å². The fourth-order valence-corrected chi connectivity index (χ4v) is 0.583. The van der Waals surface area contributed by atoms with Gasteiger partial charge in [-0.3, -0.25) is 9.35 Å². The highest BCUT2D eigenvalue weighted by Gasteiger charge is 2.06. The summed E-state index contributed by atoms with van der Waals surface area (Å²) in [6.07, 6.45) is 1.94. The predicted molar refractivity (Wildman–Crippen MR) is 46.2 cm³/mol. The molecule has 0 saturated carbocycles. The molecule has 0 aromatic rings. The molecule has 1 N–H and O–H groups in total. The second-order valence-corrected chi connectivity index (χ2v) is 3.56. The van der Waals surface area contributed by atoms with E-state index in [1.807, 2.05) is 0 Å². The Hall–Kier alpha value is -1.14. The minimum absolute atomic E-state index is 0.183. The molecular formula is C7H10O5S. The molecule has 0 fully saturated rings. The van der Waals surface area contributed by atoms with Gasteiger partial charge in [0.1, 0.15) is 0 Å². The summed E-state index contributed by atoms with van der Waals surface area (Å²) >= 11 is 0. The average molecular weight is 206 g/mol. The lowest BCUT2D eigenvalue weighted by atomic mass is 10.5. The molecule has 0 rings (SSSR count). The van der Waals surface area contributed by atoms with Crippen LogP contribution in [0, 0.1) is 0 Å². The first-order chi connectivity index (χ1) is 5.88. The van der Waals surface area contributed by atoms with Gasteiger partial charge >= 0.3 is 5.97 Å². The zero-order valence-corrected chi connectivity index (χ0v) is 7.87. The summed E-state index contributed by atoms with van der Waals surface area (Å²) in [5.74, 6) is -0.501. The second-order valence-electron chi connectivity index (χ2n) is 2.09. The number of rotatable bonds is 4. The van der Waals surface area contributed by atoms with Crippen molar-refractivity contribution in [3.05, 3.63) is 23.8 Å². The fourth-order valence-electron chi connectivity index (χ4n) is 0.355. The summed E-state index contributed by atoms with van der Waals surface area (Å²) in [6.45, 7) is 4.62. The molecule has 0 aliphatic rings. The molecule has 0 aromatic carbocycles. The second kappa shape index (κ2) is 4.78. The zero-order valence-electron chi connectivity index (χ0n) is 7.06. The van der Waals surface area contributed by atoms with E-state index in [9.17, 15) is 13.2 Å². The van der Waals surface area contributed by atoms with E-state index in [0.29, 0.717) is 0 Å². The van der Waals surface area contributed by atoms with E-state index in [1.54, 1.807) is 6.92 Å². The van der Waals surface area contributed by atoms with Crippen molar-refractivity contribution in [2.75, 3.05) is 0 Å². The summed E-state index contributed by atoms with van der Waals surface area (Å²) in [6, 6.07) is 0. The van der Waals surface area contributed by atoms with Gasteiger partial charge in [-0.05, 0) is 6.08 Å². The lowest BCUT2D eigenvalue weighted by molar-refractivity contribution is -0.137. The van der Waals surface area contributed by atoms with Gasteiger partial charge in [-0.2, -0.15) is 8.42 Å². The van der Waals surface area contributed by atoms with E-state index in [4.69, 9.17) is 4.55 Å². The zero-order chi connectivity index (χ0) is 10.5. The summed E-state index contributed by atoms with van der Waals surface area (Å²) in [5, 5.41) is 0. The standard InChI is InChI=1S/C7H10O5S/c1-3-7(8)12-5-4-6(2)13(9,10)11/h4-5H,2-3H2,1H3,(H,9,10,11). The lowest BCUT2D eigenvalue weighted by Gasteiger charge is -1.95. The first kappa shape index (κ1) is 11.9. The van der Waals surface area contributed by atoms with E-state index in [2.05, 4.69) is 11.3 Å². The molecule has 74 valence electrons. The lowest BCUT2D eigenvalue weighted by Crippen LogP contribution is -1.99. The number of ether oxygens (including phenoxy) is 1. The number of carbonyl (C=O) groups excluding carboxylic acids is 1. The Morgan fingerprint density at radius 2 is 2.15 bits per heavy atom. The van der Waals surface area contributed by atoms with Crippen molar-refractivity contribution in [3.8, 4) is 0 Å². The van der Waals surface area contributed by atoms with E-state index in [1.165, 1.54) is 0 Å². The molecular weight excluding hydrogens is 196 g/mol. The molecule has 5 nitrogen and oxygen atoms in total. The van der Waals surface area contributed by atoms with Crippen LogP contribution in [0.15, 0.2) is 23.8 Å². The van der Waals surface area contributed by atoms with E-state index in [-0.39, 0.29) is 6.42 Å². The third kappa shape index (κ3) is 5.15. The van der Waals surface area contributed by atoms with E-state index < -0.39 is 21.0 Å². The maximum absolute atomic E-state index is 10.5. The van der Waals surface area contributed by atoms with Gasteiger partial charge in [0.2, 0.25) is 0 Å². The molecule has 0 saturated heterocycles. The summed E-state index contributed by atoms with van der Waals surface area (Å²) < 4.78 is 33.5. The van der Waals surface area contributed by atoms with Crippen LogP contribution in [0.1, 0.15) is 13.3 Å². The quantitative estimate of drug-likeness (QED) is 0.319. The number of allylic oxidation sites excluding steroid dienone is 1.